The molecule has 0 unspecified atom stereocenters. The molecule has 0 spiro atoms. The first-order valence-electron chi connectivity index (χ1n) is 5.03. The van der Waals surface area contributed by atoms with E-state index in [1.54, 1.807) is 30.3 Å². The maximum Gasteiger partial charge on any atom is 0.336 e. The van der Waals surface area contributed by atoms with Gasteiger partial charge in [0.2, 0.25) is 0 Å². The highest BCUT2D eigenvalue weighted by atomic mass is 79.9. The molecule has 0 saturated heterocycles. The molecule has 92 valence electrons. The smallest absolute Gasteiger partial charge is 0.336 e. The lowest BCUT2D eigenvalue weighted by Crippen LogP contribution is -1.98. The van der Waals surface area contributed by atoms with E-state index in [1.807, 2.05) is 0 Å². The molecular formula is C13H8BrFO2S. The van der Waals surface area contributed by atoms with E-state index >= 15 is 0 Å². The summed E-state index contributed by atoms with van der Waals surface area (Å²) in [5, 5.41) is 9.08. The summed E-state index contributed by atoms with van der Waals surface area (Å²) in [5.74, 6) is -1.39. The minimum Gasteiger partial charge on any atom is -0.478 e. The summed E-state index contributed by atoms with van der Waals surface area (Å²) in [4.78, 5) is 12.0. The largest absolute Gasteiger partial charge is 0.478 e. The average Bonchev–Trinajstić information content (AvgIpc) is 2.32. The fourth-order valence-electron chi connectivity index (χ4n) is 1.40. The number of hydrogen-bond acceptors (Lipinski definition) is 2. The van der Waals surface area contributed by atoms with Gasteiger partial charge in [-0.3, -0.25) is 0 Å². The Balaban J connectivity index is 2.42. The number of halogens is 2. The molecule has 1 N–H and O–H groups in total. The Labute approximate surface area is 116 Å². The number of carboxylic acids is 1. The first-order valence-corrected chi connectivity index (χ1v) is 6.64. The zero-order chi connectivity index (χ0) is 13.1. The van der Waals surface area contributed by atoms with Crippen LogP contribution in [0.15, 0.2) is 56.7 Å². The summed E-state index contributed by atoms with van der Waals surface area (Å²) >= 11 is 4.37. The summed E-state index contributed by atoms with van der Waals surface area (Å²) in [6.07, 6.45) is 0. The fraction of sp³-hybridized carbons (Fsp3) is 0. The number of rotatable bonds is 3. The molecule has 0 amide bonds. The van der Waals surface area contributed by atoms with Gasteiger partial charge in [-0.15, -0.1) is 0 Å². The van der Waals surface area contributed by atoms with Gasteiger partial charge in [-0.2, -0.15) is 0 Å². The van der Waals surface area contributed by atoms with Crippen LogP contribution >= 0.6 is 27.7 Å². The van der Waals surface area contributed by atoms with Crippen LogP contribution in [0.5, 0.6) is 0 Å². The standard InChI is InChI=1S/C13H8BrFO2S/c14-8-5-6-9(13(16)17)12(7-8)18-11-4-2-1-3-10(11)15/h1-7H,(H,16,17). The molecule has 0 saturated carbocycles. The molecule has 0 heterocycles. The average molecular weight is 327 g/mol. The molecule has 0 aromatic heterocycles. The predicted octanol–water partition coefficient (Wildman–Crippen LogP) is 4.44. The summed E-state index contributed by atoms with van der Waals surface area (Å²) < 4.78 is 14.3. The van der Waals surface area contributed by atoms with Crippen LogP contribution in [-0.4, -0.2) is 11.1 Å². The Morgan fingerprint density at radius 2 is 1.89 bits per heavy atom. The molecule has 2 nitrogen and oxygen atoms in total. The van der Waals surface area contributed by atoms with E-state index in [4.69, 9.17) is 5.11 Å². The second kappa shape index (κ2) is 5.54. The minimum absolute atomic E-state index is 0.159. The molecule has 0 aliphatic carbocycles. The quantitative estimate of drug-likeness (QED) is 0.906. The van der Waals surface area contributed by atoms with Crippen molar-refractivity contribution < 1.29 is 14.3 Å². The van der Waals surface area contributed by atoms with Gasteiger partial charge in [0.05, 0.1) is 5.56 Å². The van der Waals surface area contributed by atoms with Crippen molar-refractivity contribution in [3.8, 4) is 0 Å². The third kappa shape index (κ3) is 2.91. The summed E-state index contributed by atoms with van der Waals surface area (Å²) in [6, 6.07) is 11.1. The third-order valence-electron chi connectivity index (χ3n) is 2.23. The van der Waals surface area contributed by atoms with E-state index in [9.17, 15) is 9.18 Å². The van der Waals surface area contributed by atoms with E-state index in [0.29, 0.717) is 9.79 Å². The van der Waals surface area contributed by atoms with Crippen LogP contribution in [0.2, 0.25) is 0 Å². The minimum atomic E-state index is -1.03. The number of aromatic carboxylic acids is 1. The van der Waals surface area contributed by atoms with Crippen LogP contribution in [-0.2, 0) is 0 Å². The Hall–Kier alpha value is -1.33. The topological polar surface area (TPSA) is 37.3 Å². The van der Waals surface area contributed by atoms with Crippen molar-refractivity contribution in [2.24, 2.45) is 0 Å². The normalized spacial score (nSPS) is 10.3. The molecule has 0 fully saturated rings. The monoisotopic (exact) mass is 326 g/mol. The molecule has 18 heavy (non-hydrogen) atoms. The van der Waals surface area contributed by atoms with Crippen LogP contribution in [0, 0.1) is 5.82 Å². The number of benzene rings is 2. The highest BCUT2D eigenvalue weighted by Crippen LogP contribution is 2.33. The molecule has 2 rings (SSSR count). The maximum absolute atomic E-state index is 13.5. The molecule has 0 bridgehead atoms. The van der Waals surface area contributed by atoms with Gasteiger partial charge in [-0.25, -0.2) is 9.18 Å². The lowest BCUT2D eigenvalue weighted by Gasteiger charge is -2.07. The van der Waals surface area contributed by atoms with E-state index < -0.39 is 5.97 Å². The molecule has 2 aromatic rings. The molecule has 0 aliphatic rings. The van der Waals surface area contributed by atoms with Gasteiger partial charge in [-0.05, 0) is 30.3 Å². The molecule has 0 radical (unpaired) electrons. The number of carboxylic acid groups (broad SMARTS) is 1. The zero-order valence-electron chi connectivity index (χ0n) is 9.06. The van der Waals surface area contributed by atoms with Crippen LogP contribution in [0.25, 0.3) is 0 Å². The van der Waals surface area contributed by atoms with E-state index in [2.05, 4.69) is 15.9 Å². The third-order valence-corrected chi connectivity index (χ3v) is 3.83. The van der Waals surface area contributed by atoms with Crippen molar-refractivity contribution in [3.05, 3.63) is 58.3 Å². The molecule has 5 heteroatoms. The van der Waals surface area contributed by atoms with Crippen LogP contribution in [0.1, 0.15) is 10.4 Å². The summed E-state index contributed by atoms with van der Waals surface area (Å²) in [6.45, 7) is 0. The summed E-state index contributed by atoms with van der Waals surface area (Å²) in [7, 11) is 0. The Morgan fingerprint density at radius 3 is 2.56 bits per heavy atom. The van der Waals surface area contributed by atoms with Crippen molar-refractivity contribution in [2.75, 3.05) is 0 Å². The first kappa shape index (κ1) is 13.1. The fourth-order valence-corrected chi connectivity index (χ4v) is 2.92. The molecule has 2 aromatic carbocycles. The van der Waals surface area contributed by atoms with Crippen molar-refractivity contribution in [3.63, 3.8) is 0 Å². The van der Waals surface area contributed by atoms with Gasteiger partial charge >= 0.3 is 5.97 Å². The lowest BCUT2D eigenvalue weighted by atomic mass is 10.2. The maximum atomic E-state index is 13.5. The Bertz CT molecular complexity index is 601. The second-order valence-corrected chi connectivity index (χ2v) is 5.48. The Kier molecular flexibility index (Phi) is 4.04. The van der Waals surface area contributed by atoms with Gasteiger partial charge in [0.1, 0.15) is 5.82 Å². The Morgan fingerprint density at radius 1 is 1.17 bits per heavy atom. The molecular weight excluding hydrogens is 319 g/mol. The van der Waals surface area contributed by atoms with Crippen molar-refractivity contribution >= 4 is 33.7 Å². The highest BCUT2D eigenvalue weighted by Gasteiger charge is 2.13. The zero-order valence-corrected chi connectivity index (χ0v) is 11.5. The van der Waals surface area contributed by atoms with Gasteiger partial charge in [-0.1, -0.05) is 39.8 Å². The lowest BCUT2D eigenvalue weighted by molar-refractivity contribution is 0.0693. The molecule has 0 atom stereocenters. The van der Waals surface area contributed by atoms with Crippen LogP contribution < -0.4 is 0 Å². The van der Waals surface area contributed by atoms with Crippen LogP contribution in [0.3, 0.4) is 0 Å². The SMILES string of the molecule is O=C(O)c1ccc(Br)cc1Sc1ccccc1F. The number of hydrogen-bond donors (Lipinski definition) is 1. The first-order chi connectivity index (χ1) is 8.58. The van der Waals surface area contributed by atoms with Gasteiger partial charge in [0, 0.05) is 14.3 Å². The van der Waals surface area contributed by atoms with E-state index in [1.165, 1.54) is 12.1 Å². The van der Waals surface area contributed by atoms with Gasteiger partial charge in [0.25, 0.3) is 0 Å². The predicted molar refractivity (Wildman–Crippen MR) is 71.6 cm³/mol. The summed E-state index contributed by atoms with van der Waals surface area (Å²) in [5.41, 5.74) is 0.159. The number of carbonyl (C=O) groups is 1. The van der Waals surface area contributed by atoms with E-state index in [0.717, 1.165) is 16.2 Å². The van der Waals surface area contributed by atoms with Gasteiger partial charge < -0.3 is 5.11 Å². The van der Waals surface area contributed by atoms with E-state index in [-0.39, 0.29) is 11.4 Å². The van der Waals surface area contributed by atoms with Crippen LogP contribution in [0.4, 0.5) is 4.39 Å². The second-order valence-electron chi connectivity index (χ2n) is 3.48. The van der Waals surface area contributed by atoms with Gasteiger partial charge in [0.15, 0.2) is 0 Å². The van der Waals surface area contributed by atoms with Crippen molar-refractivity contribution in [1.29, 1.82) is 0 Å². The molecule has 0 aliphatic heterocycles. The highest BCUT2D eigenvalue weighted by molar-refractivity contribution is 9.10. The van der Waals surface area contributed by atoms with Crippen molar-refractivity contribution in [2.45, 2.75) is 9.79 Å². The van der Waals surface area contributed by atoms with Crippen molar-refractivity contribution in [1.82, 2.24) is 0 Å².